The molecule has 0 saturated heterocycles. The summed E-state index contributed by atoms with van der Waals surface area (Å²) in [7, 11) is 1.63. The predicted octanol–water partition coefficient (Wildman–Crippen LogP) is 3.36. The first kappa shape index (κ1) is 21.5. The lowest BCUT2D eigenvalue weighted by atomic mass is 10.3. The van der Waals surface area contributed by atoms with Crippen molar-refractivity contribution in [2.24, 2.45) is 4.99 Å². The Morgan fingerprint density at radius 2 is 1.96 bits per heavy atom. The van der Waals surface area contributed by atoms with E-state index in [4.69, 9.17) is 14.2 Å². The molecule has 2 rings (SSSR count). The highest BCUT2D eigenvalue weighted by Crippen LogP contribution is 2.23. The van der Waals surface area contributed by atoms with Crippen LogP contribution < -0.4 is 20.1 Å². The number of guanidine groups is 1. The van der Waals surface area contributed by atoms with Gasteiger partial charge in [0.1, 0.15) is 11.5 Å². The molecule has 0 saturated carbocycles. The summed E-state index contributed by atoms with van der Waals surface area (Å²) >= 11 is 0. The second-order valence-corrected chi connectivity index (χ2v) is 5.96. The number of hydrogen-bond donors (Lipinski definition) is 2. The lowest BCUT2D eigenvalue weighted by molar-refractivity contribution is 0.145. The Labute approximate surface area is 167 Å². The van der Waals surface area contributed by atoms with Crippen LogP contribution in [0.25, 0.3) is 0 Å². The molecule has 1 aromatic carbocycles. The number of hydrogen-bond acceptors (Lipinski definition) is 5. The third kappa shape index (κ3) is 7.84. The van der Waals surface area contributed by atoms with E-state index in [1.54, 1.807) is 13.3 Å². The second kappa shape index (κ2) is 12.6. The highest BCUT2D eigenvalue weighted by atomic mass is 16.5. The van der Waals surface area contributed by atoms with Gasteiger partial charge in [0.2, 0.25) is 5.88 Å². The van der Waals surface area contributed by atoms with Crippen molar-refractivity contribution in [2.45, 2.75) is 26.8 Å². The van der Waals surface area contributed by atoms with Gasteiger partial charge in [0.15, 0.2) is 5.96 Å². The summed E-state index contributed by atoms with van der Waals surface area (Å²) in [5.41, 5.74) is 1.00. The van der Waals surface area contributed by atoms with Gasteiger partial charge in [0.05, 0.1) is 13.7 Å². The van der Waals surface area contributed by atoms with Gasteiger partial charge in [0.25, 0.3) is 0 Å². The Bertz CT molecular complexity index is 720. The van der Waals surface area contributed by atoms with Gasteiger partial charge in [-0.05, 0) is 38.0 Å². The molecule has 1 heterocycles. The van der Waals surface area contributed by atoms with Crippen molar-refractivity contribution in [3.63, 3.8) is 0 Å². The summed E-state index contributed by atoms with van der Waals surface area (Å²) in [5, 5.41) is 6.55. The largest absolute Gasteiger partial charge is 0.497 e. The molecule has 7 nitrogen and oxygen atoms in total. The van der Waals surface area contributed by atoms with Crippen molar-refractivity contribution in [3.05, 3.63) is 48.2 Å². The van der Waals surface area contributed by atoms with Gasteiger partial charge in [-0.1, -0.05) is 12.1 Å². The first-order chi connectivity index (χ1) is 13.7. The molecule has 0 aliphatic carbocycles. The third-order valence-electron chi connectivity index (χ3n) is 3.79. The standard InChI is InChI=1S/C21H30N4O3/c1-4-22-21(23-12-7-13-27-5-2)25-16-17-10-11-20(24-15-17)28-19-9-6-8-18(14-19)26-3/h6,8-11,14-15H,4-5,7,12-13,16H2,1-3H3,(H2,22,23,25). The molecule has 152 valence electrons. The smallest absolute Gasteiger partial charge is 0.219 e. The molecule has 0 atom stereocenters. The average molecular weight is 386 g/mol. The molecule has 0 spiro atoms. The summed E-state index contributed by atoms with van der Waals surface area (Å²) in [6.45, 7) is 7.71. The van der Waals surface area contributed by atoms with E-state index in [0.29, 0.717) is 18.2 Å². The Hall–Kier alpha value is -2.80. The van der Waals surface area contributed by atoms with Crippen molar-refractivity contribution in [1.29, 1.82) is 0 Å². The first-order valence-electron chi connectivity index (χ1n) is 9.62. The fraction of sp³-hybridized carbons (Fsp3) is 0.429. The minimum atomic E-state index is 0.530. The molecule has 0 radical (unpaired) electrons. The summed E-state index contributed by atoms with van der Waals surface area (Å²) in [5.74, 6) is 2.74. The lowest BCUT2D eigenvalue weighted by Crippen LogP contribution is -2.38. The van der Waals surface area contributed by atoms with Gasteiger partial charge in [0, 0.05) is 44.6 Å². The van der Waals surface area contributed by atoms with Crippen LogP contribution in [-0.2, 0) is 11.3 Å². The number of methoxy groups -OCH3 is 1. The Morgan fingerprint density at radius 3 is 2.68 bits per heavy atom. The number of nitrogens with one attached hydrogen (secondary N) is 2. The first-order valence-corrected chi connectivity index (χ1v) is 9.62. The van der Waals surface area contributed by atoms with Crippen LogP contribution in [0.15, 0.2) is 47.6 Å². The molecule has 2 N–H and O–H groups in total. The van der Waals surface area contributed by atoms with Crippen LogP contribution in [0.1, 0.15) is 25.8 Å². The molecular weight excluding hydrogens is 356 g/mol. The van der Waals surface area contributed by atoms with Crippen molar-refractivity contribution < 1.29 is 14.2 Å². The van der Waals surface area contributed by atoms with E-state index in [-0.39, 0.29) is 0 Å². The van der Waals surface area contributed by atoms with Crippen LogP contribution >= 0.6 is 0 Å². The molecule has 1 aromatic heterocycles. The van der Waals surface area contributed by atoms with Crippen molar-refractivity contribution in [2.75, 3.05) is 33.4 Å². The fourth-order valence-corrected chi connectivity index (χ4v) is 2.39. The number of ether oxygens (including phenoxy) is 3. The van der Waals surface area contributed by atoms with Gasteiger partial charge in [-0.25, -0.2) is 9.98 Å². The topological polar surface area (TPSA) is 77.0 Å². The number of rotatable bonds is 11. The molecule has 2 aromatic rings. The zero-order chi connectivity index (χ0) is 20.0. The molecular formula is C21H30N4O3. The molecule has 0 amide bonds. The second-order valence-electron chi connectivity index (χ2n) is 5.96. The summed E-state index contributed by atoms with van der Waals surface area (Å²) in [4.78, 5) is 8.95. The van der Waals surface area contributed by atoms with E-state index in [9.17, 15) is 0 Å². The van der Waals surface area contributed by atoms with E-state index in [1.165, 1.54) is 0 Å². The van der Waals surface area contributed by atoms with Crippen molar-refractivity contribution >= 4 is 5.96 Å². The monoisotopic (exact) mass is 386 g/mol. The van der Waals surface area contributed by atoms with Crippen molar-refractivity contribution in [1.82, 2.24) is 15.6 Å². The zero-order valence-corrected chi connectivity index (χ0v) is 16.9. The maximum atomic E-state index is 5.76. The van der Waals surface area contributed by atoms with Crippen molar-refractivity contribution in [3.8, 4) is 17.4 Å². The van der Waals surface area contributed by atoms with Crippen LogP contribution in [-0.4, -0.2) is 44.4 Å². The molecule has 7 heteroatoms. The fourth-order valence-electron chi connectivity index (χ4n) is 2.39. The molecule has 0 fully saturated rings. The van der Waals surface area contributed by atoms with Crippen LogP contribution in [0.2, 0.25) is 0 Å². The Morgan fingerprint density at radius 1 is 1.11 bits per heavy atom. The molecule has 0 aliphatic heterocycles. The Balaban J connectivity index is 1.87. The van der Waals surface area contributed by atoms with Crippen LogP contribution in [0.5, 0.6) is 17.4 Å². The quantitative estimate of drug-likeness (QED) is 0.350. The SMILES string of the molecule is CCNC(=NCc1ccc(Oc2cccc(OC)c2)nc1)NCCCOCC. The average Bonchev–Trinajstić information content (AvgIpc) is 2.73. The number of aromatic nitrogens is 1. The maximum absolute atomic E-state index is 5.76. The Kier molecular flexibility index (Phi) is 9.65. The maximum Gasteiger partial charge on any atom is 0.219 e. The molecule has 28 heavy (non-hydrogen) atoms. The third-order valence-corrected chi connectivity index (χ3v) is 3.79. The summed E-state index contributed by atoms with van der Waals surface area (Å²) in [6.07, 6.45) is 2.72. The normalized spacial score (nSPS) is 11.2. The molecule has 0 bridgehead atoms. The van der Waals surface area contributed by atoms with Gasteiger partial charge in [-0.15, -0.1) is 0 Å². The highest BCUT2D eigenvalue weighted by molar-refractivity contribution is 5.79. The van der Waals surface area contributed by atoms with E-state index in [1.807, 2.05) is 50.2 Å². The van der Waals surface area contributed by atoms with Gasteiger partial charge in [-0.3, -0.25) is 0 Å². The number of pyridine rings is 1. The van der Waals surface area contributed by atoms with Gasteiger partial charge in [-0.2, -0.15) is 0 Å². The van der Waals surface area contributed by atoms with E-state index >= 15 is 0 Å². The lowest BCUT2D eigenvalue weighted by Gasteiger charge is -2.11. The van der Waals surface area contributed by atoms with E-state index in [0.717, 1.165) is 50.0 Å². The van der Waals surface area contributed by atoms with E-state index < -0.39 is 0 Å². The minimum absolute atomic E-state index is 0.530. The van der Waals surface area contributed by atoms with Gasteiger partial charge >= 0.3 is 0 Å². The number of benzene rings is 1. The predicted molar refractivity (Wildman–Crippen MR) is 111 cm³/mol. The number of nitrogens with zero attached hydrogens (tertiary/aromatic N) is 2. The number of aliphatic imine (C=N–C) groups is 1. The molecule has 0 aliphatic rings. The van der Waals surface area contributed by atoms with E-state index in [2.05, 4.69) is 20.6 Å². The molecule has 0 unspecified atom stereocenters. The van der Waals surface area contributed by atoms with Crippen LogP contribution in [0.3, 0.4) is 0 Å². The summed E-state index contributed by atoms with van der Waals surface area (Å²) in [6, 6.07) is 11.2. The van der Waals surface area contributed by atoms with Gasteiger partial charge < -0.3 is 24.8 Å². The highest BCUT2D eigenvalue weighted by Gasteiger charge is 2.02. The minimum Gasteiger partial charge on any atom is -0.497 e. The summed E-state index contributed by atoms with van der Waals surface area (Å²) < 4.78 is 16.3. The van der Waals surface area contributed by atoms with Crippen LogP contribution in [0, 0.1) is 0 Å². The zero-order valence-electron chi connectivity index (χ0n) is 16.9. The van der Waals surface area contributed by atoms with Crippen LogP contribution in [0.4, 0.5) is 0 Å².